The van der Waals surface area contributed by atoms with Crippen molar-refractivity contribution in [1.29, 1.82) is 0 Å². The summed E-state index contributed by atoms with van der Waals surface area (Å²) in [7, 11) is -3.22. The maximum Gasteiger partial charge on any atom is 0.241 e. The van der Waals surface area contributed by atoms with Gasteiger partial charge in [-0.15, -0.1) is 0 Å². The number of sulfonamides is 1. The molecule has 2 rings (SSSR count). The second-order valence-electron chi connectivity index (χ2n) is 5.02. The highest BCUT2D eigenvalue weighted by Crippen LogP contribution is 2.18. The van der Waals surface area contributed by atoms with E-state index >= 15 is 0 Å². The lowest BCUT2D eigenvalue weighted by atomic mass is 10.3. The summed E-state index contributed by atoms with van der Waals surface area (Å²) in [6.45, 7) is 1.16. The van der Waals surface area contributed by atoms with Gasteiger partial charge in [-0.2, -0.15) is 4.31 Å². The van der Waals surface area contributed by atoms with Gasteiger partial charge >= 0.3 is 0 Å². The Morgan fingerprint density at radius 2 is 1.95 bits per heavy atom. The van der Waals surface area contributed by atoms with E-state index in [-0.39, 0.29) is 36.3 Å². The fourth-order valence-corrected chi connectivity index (χ4v) is 3.17. The normalized spacial score (nSPS) is 16.6. The van der Waals surface area contributed by atoms with Crippen LogP contribution in [0.15, 0.2) is 18.2 Å². The van der Waals surface area contributed by atoms with E-state index in [1.54, 1.807) is 4.90 Å². The summed E-state index contributed by atoms with van der Waals surface area (Å²) in [6.07, 6.45) is 1.15. The van der Waals surface area contributed by atoms with Crippen LogP contribution in [0.3, 0.4) is 0 Å². The van der Waals surface area contributed by atoms with Crippen LogP contribution in [0.2, 0.25) is 5.02 Å². The second-order valence-corrected chi connectivity index (χ2v) is 7.44. The van der Waals surface area contributed by atoms with Crippen LogP contribution in [0.4, 0.5) is 10.1 Å². The SMILES string of the molecule is CS(=O)(=O)N1CCN(C(=O)CNc2ccc(Cl)cc2F)CC1. The Labute approximate surface area is 133 Å². The monoisotopic (exact) mass is 349 g/mol. The number of carbonyl (C=O) groups is 1. The molecular formula is C13H17ClFN3O3S. The Morgan fingerprint density at radius 1 is 1.32 bits per heavy atom. The van der Waals surface area contributed by atoms with E-state index in [1.807, 2.05) is 0 Å². The van der Waals surface area contributed by atoms with Gasteiger partial charge in [-0.3, -0.25) is 4.79 Å². The summed E-state index contributed by atoms with van der Waals surface area (Å²) in [5, 5.41) is 3.01. The quantitative estimate of drug-likeness (QED) is 0.880. The fourth-order valence-electron chi connectivity index (χ4n) is 2.18. The molecule has 1 aliphatic rings. The highest BCUT2D eigenvalue weighted by atomic mass is 35.5. The zero-order valence-corrected chi connectivity index (χ0v) is 13.6. The summed E-state index contributed by atoms with van der Waals surface area (Å²) in [6, 6.07) is 4.16. The second kappa shape index (κ2) is 6.80. The first kappa shape index (κ1) is 17.0. The van der Waals surface area contributed by atoms with Gasteiger partial charge in [-0.1, -0.05) is 11.6 Å². The van der Waals surface area contributed by atoms with E-state index in [0.717, 1.165) is 6.26 Å². The number of nitrogens with zero attached hydrogens (tertiary/aromatic N) is 2. The highest BCUT2D eigenvalue weighted by Gasteiger charge is 2.25. The number of amides is 1. The van der Waals surface area contributed by atoms with Gasteiger partial charge < -0.3 is 10.2 Å². The van der Waals surface area contributed by atoms with Crippen molar-refractivity contribution in [1.82, 2.24) is 9.21 Å². The van der Waals surface area contributed by atoms with Gasteiger partial charge in [-0.25, -0.2) is 12.8 Å². The molecule has 0 saturated carbocycles. The van der Waals surface area contributed by atoms with Gasteiger partial charge in [0.15, 0.2) is 0 Å². The van der Waals surface area contributed by atoms with Gasteiger partial charge in [0.05, 0.1) is 18.5 Å². The van der Waals surface area contributed by atoms with E-state index < -0.39 is 15.8 Å². The molecular weight excluding hydrogens is 333 g/mol. The first-order valence-corrected chi connectivity index (χ1v) is 8.92. The highest BCUT2D eigenvalue weighted by molar-refractivity contribution is 7.88. The molecule has 1 aromatic rings. The summed E-state index contributed by atoms with van der Waals surface area (Å²) in [5.74, 6) is -0.732. The fraction of sp³-hybridized carbons (Fsp3) is 0.462. The van der Waals surface area contributed by atoms with Crippen LogP contribution in [-0.2, 0) is 14.8 Å². The Morgan fingerprint density at radius 3 is 2.50 bits per heavy atom. The van der Waals surface area contributed by atoms with E-state index in [9.17, 15) is 17.6 Å². The van der Waals surface area contributed by atoms with E-state index in [2.05, 4.69) is 5.32 Å². The smallest absolute Gasteiger partial charge is 0.241 e. The number of anilines is 1. The molecule has 6 nitrogen and oxygen atoms in total. The molecule has 22 heavy (non-hydrogen) atoms. The van der Waals surface area contributed by atoms with Crippen LogP contribution in [-0.4, -0.2) is 62.5 Å². The van der Waals surface area contributed by atoms with E-state index in [1.165, 1.54) is 22.5 Å². The van der Waals surface area contributed by atoms with Crippen molar-refractivity contribution in [3.05, 3.63) is 29.0 Å². The zero-order valence-electron chi connectivity index (χ0n) is 12.1. The van der Waals surface area contributed by atoms with Gasteiger partial charge in [0.1, 0.15) is 5.82 Å². The lowest BCUT2D eigenvalue weighted by Gasteiger charge is -2.33. The van der Waals surface area contributed by atoms with E-state index in [0.29, 0.717) is 13.1 Å². The summed E-state index contributed by atoms with van der Waals surface area (Å²) < 4.78 is 37.7. The standard InChI is InChI=1S/C13H17ClFN3O3S/c1-22(20,21)18-6-4-17(5-7-18)13(19)9-16-12-3-2-10(14)8-11(12)15/h2-3,8,16H,4-7,9H2,1H3. The Kier molecular flexibility index (Phi) is 5.25. The number of benzene rings is 1. The number of halogens is 2. The van der Waals surface area contributed by atoms with Crippen molar-refractivity contribution in [3.63, 3.8) is 0 Å². The minimum atomic E-state index is -3.22. The van der Waals surface area contributed by atoms with Crippen molar-refractivity contribution >= 4 is 33.2 Å². The molecule has 1 aromatic carbocycles. The van der Waals surface area contributed by atoms with E-state index in [4.69, 9.17) is 11.6 Å². The van der Waals surface area contributed by atoms with Crippen LogP contribution in [0.5, 0.6) is 0 Å². The number of carbonyl (C=O) groups excluding carboxylic acids is 1. The third kappa shape index (κ3) is 4.31. The summed E-state index contributed by atoms with van der Waals surface area (Å²) >= 11 is 5.66. The lowest BCUT2D eigenvalue weighted by Crippen LogP contribution is -2.51. The molecule has 9 heteroatoms. The average molecular weight is 350 g/mol. The zero-order chi connectivity index (χ0) is 16.3. The molecule has 0 aromatic heterocycles. The average Bonchev–Trinajstić information content (AvgIpc) is 2.45. The molecule has 1 fully saturated rings. The van der Waals surface area contributed by atoms with Crippen molar-refractivity contribution in [2.75, 3.05) is 44.3 Å². The molecule has 122 valence electrons. The Hall–Kier alpha value is -1.38. The molecule has 1 N–H and O–H groups in total. The molecule has 1 amide bonds. The minimum Gasteiger partial charge on any atom is -0.374 e. The topological polar surface area (TPSA) is 69.7 Å². The molecule has 1 heterocycles. The van der Waals surface area contributed by atoms with Crippen molar-refractivity contribution in [2.24, 2.45) is 0 Å². The van der Waals surface area contributed by atoms with Crippen LogP contribution < -0.4 is 5.32 Å². The molecule has 1 saturated heterocycles. The number of piperazine rings is 1. The van der Waals surface area contributed by atoms with Crippen molar-refractivity contribution < 1.29 is 17.6 Å². The maximum atomic E-state index is 13.6. The van der Waals surface area contributed by atoms with Gasteiger partial charge in [-0.05, 0) is 18.2 Å². The van der Waals surface area contributed by atoms with Crippen LogP contribution in [0, 0.1) is 5.82 Å². The molecule has 0 atom stereocenters. The first-order valence-electron chi connectivity index (χ1n) is 6.69. The molecule has 0 aliphatic carbocycles. The van der Waals surface area contributed by atoms with Gasteiger partial charge in [0, 0.05) is 31.2 Å². The molecule has 0 bridgehead atoms. The molecule has 0 spiro atoms. The summed E-state index contributed by atoms with van der Waals surface area (Å²) in [5.41, 5.74) is 0.201. The van der Waals surface area contributed by atoms with Gasteiger partial charge in [0.2, 0.25) is 15.9 Å². The number of nitrogens with one attached hydrogen (secondary N) is 1. The molecule has 0 radical (unpaired) electrons. The third-order valence-corrected chi connectivity index (χ3v) is 4.96. The Balaban J connectivity index is 1.86. The number of hydrogen-bond acceptors (Lipinski definition) is 4. The van der Waals surface area contributed by atoms with Crippen molar-refractivity contribution in [2.45, 2.75) is 0 Å². The van der Waals surface area contributed by atoms with Crippen LogP contribution in [0.25, 0.3) is 0 Å². The van der Waals surface area contributed by atoms with Crippen LogP contribution >= 0.6 is 11.6 Å². The largest absolute Gasteiger partial charge is 0.374 e. The van der Waals surface area contributed by atoms with Crippen LogP contribution in [0.1, 0.15) is 0 Å². The lowest BCUT2D eigenvalue weighted by molar-refractivity contribution is -0.130. The predicted octanol–water partition coefficient (Wildman–Crippen LogP) is 0.995. The first-order chi connectivity index (χ1) is 10.3. The number of hydrogen-bond donors (Lipinski definition) is 1. The third-order valence-electron chi connectivity index (χ3n) is 3.42. The number of rotatable bonds is 4. The Bertz CT molecular complexity index is 660. The maximum absolute atomic E-state index is 13.6. The van der Waals surface area contributed by atoms with Crippen molar-refractivity contribution in [3.8, 4) is 0 Å². The summed E-state index contributed by atoms with van der Waals surface area (Å²) in [4.78, 5) is 13.6. The minimum absolute atomic E-state index is 0.0581. The molecule has 0 unspecified atom stereocenters. The predicted molar refractivity (Wildman–Crippen MR) is 82.9 cm³/mol. The molecule has 1 aliphatic heterocycles. The van der Waals surface area contributed by atoms with Gasteiger partial charge in [0.25, 0.3) is 0 Å².